The zero-order valence-electron chi connectivity index (χ0n) is 9.66. The maximum absolute atomic E-state index is 11.4. The number of nitrogens with one attached hydrogen (secondary N) is 1. The standard InChI is InChI=1S/C10H21NO3S/c1-4-14-10(13)9(11-3)5-6-15-8(2)7-12/h8-9,11-12H,4-7H2,1-3H3. The van der Waals surface area contributed by atoms with Crippen LogP contribution in [-0.4, -0.2) is 48.4 Å². The van der Waals surface area contributed by atoms with Gasteiger partial charge in [-0.05, 0) is 26.1 Å². The molecule has 0 aliphatic rings. The van der Waals surface area contributed by atoms with Crippen molar-refractivity contribution in [3.63, 3.8) is 0 Å². The minimum atomic E-state index is -0.233. The Morgan fingerprint density at radius 1 is 1.60 bits per heavy atom. The molecule has 4 nitrogen and oxygen atoms in total. The molecule has 0 aromatic heterocycles. The summed E-state index contributed by atoms with van der Waals surface area (Å²) in [6, 6.07) is -0.233. The van der Waals surface area contributed by atoms with Gasteiger partial charge in [-0.1, -0.05) is 6.92 Å². The molecule has 0 radical (unpaired) electrons. The first kappa shape index (κ1) is 14.7. The molecule has 90 valence electrons. The number of esters is 1. The molecule has 0 saturated carbocycles. The predicted octanol–water partition coefficient (Wildman–Crippen LogP) is 0.642. The lowest BCUT2D eigenvalue weighted by atomic mass is 10.2. The van der Waals surface area contributed by atoms with Crippen molar-refractivity contribution in [1.29, 1.82) is 0 Å². The van der Waals surface area contributed by atoms with Crippen molar-refractivity contribution in [1.82, 2.24) is 5.32 Å². The molecule has 2 N–H and O–H groups in total. The summed E-state index contributed by atoms with van der Waals surface area (Å²) in [6.45, 7) is 4.35. The van der Waals surface area contributed by atoms with E-state index in [0.29, 0.717) is 6.61 Å². The minimum Gasteiger partial charge on any atom is -0.465 e. The maximum Gasteiger partial charge on any atom is 0.323 e. The molecule has 15 heavy (non-hydrogen) atoms. The average molecular weight is 235 g/mol. The summed E-state index contributed by atoms with van der Waals surface area (Å²) in [5.74, 6) is 0.642. The fourth-order valence-electron chi connectivity index (χ4n) is 1.06. The van der Waals surface area contributed by atoms with Crippen molar-refractivity contribution in [2.24, 2.45) is 0 Å². The summed E-state index contributed by atoms with van der Waals surface area (Å²) in [5, 5.41) is 12.0. The van der Waals surface area contributed by atoms with E-state index in [1.807, 2.05) is 6.92 Å². The van der Waals surface area contributed by atoms with E-state index in [9.17, 15) is 4.79 Å². The molecule has 5 heteroatoms. The van der Waals surface area contributed by atoms with Gasteiger partial charge in [-0.15, -0.1) is 0 Å². The lowest BCUT2D eigenvalue weighted by Gasteiger charge is -2.15. The largest absolute Gasteiger partial charge is 0.465 e. The number of ether oxygens (including phenoxy) is 1. The Hall–Kier alpha value is -0.260. The van der Waals surface area contributed by atoms with Crippen LogP contribution in [0.5, 0.6) is 0 Å². The topological polar surface area (TPSA) is 58.6 Å². The van der Waals surface area contributed by atoms with Crippen molar-refractivity contribution < 1.29 is 14.6 Å². The first-order valence-corrected chi connectivity index (χ1v) is 6.26. The maximum atomic E-state index is 11.4. The van der Waals surface area contributed by atoms with Crippen LogP contribution in [0.15, 0.2) is 0 Å². The van der Waals surface area contributed by atoms with Crippen molar-refractivity contribution >= 4 is 17.7 Å². The van der Waals surface area contributed by atoms with Gasteiger partial charge >= 0.3 is 5.97 Å². The summed E-state index contributed by atoms with van der Waals surface area (Å²) in [7, 11) is 1.75. The quantitative estimate of drug-likeness (QED) is 0.605. The van der Waals surface area contributed by atoms with E-state index in [1.165, 1.54) is 0 Å². The van der Waals surface area contributed by atoms with Gasteiger partial charge in [-0.2, -0.15) is 11.8 Å². The first-order chi connectivity index (χ1) is 7.15. The highest BCUT2D eigenvalue weighted by Gasteiger charge is 2.17. The molecule has 0 spiro atoms. The number of likely N-dealkylation sites (N-methyl/N-ethyl adjacent to an activating group) is 1. The van der Waals surface area contributed by atoms with Gasteiger partial charge in [-0.25, -0.2) is 0 Å². The van der Waals surface area contributed by atoms with E-state index in [0.717, 1.165) is 12.2 Å². The molecule has 0 rings (SSSR count). The van der Waals surface area contributed by atoms with Crippen LogP contribution in [0.25, 0.3) is 0 Å². The molecule has 0 aliphatic carbocycles. The van der Waals surface area contributed by atoms with Crippen LogP contribution in [-0.2, 0) is 9.53 Å². The molecule has 0 amide bonds. The number of thioether (sulfide) groups is 1. The lowest BCUT2D eigenvalue weighted by molar-refractivity contribution is -0.145. The van der Waals surface area contributed by atoms with Gasteiger partial charge < -0.3 is 15.2 Å². The van der Waals surface area contributed by atoms with Gasteiger partial charge in [-0.3, -0.25) is 4.79 Å². The van der Waals surface area contributed by atoms with Crippen LogP contribution in [0.1, 0.15) is 20.3 Å². The average Bonchev–Trinajstić information content (AvgIpc) is 2.24. The second kappa shape index (κ2) is 9.00. The number of hydrogen-bond acceptors (Lipinski definition) is 5. The third kappa shape index (κ3) is 6.76. The van der Waals surface area contributed by atoms with Crippen LogP contribution in [0.4, 0.5) is 0 Å². The summed E-state index contributed by atoms with van der Waals surface area (Å²) in [6.07, 6.45) is 0.727. The van der Waals surface area contributed by atoms with Crippen molar-refractivity contribution in [2.75, 3.05) is 26.0 Å². The highest BCUT2D eigenvalue weighted by atomic mass is 32.2. The SMILES string of the molecule is CCOC(=O)C(CCSC(C)CO)NC. The molecule has 0 heterocycles. The fourth-order valence-corrected chi connectivity index (χ4v) is 1.94. The Balaban J connectivity index is 3.74. The van der Waals surface area contributed by atoms with E-state index in [2.05, 4.69) is 5.32 Å². The zero-order chi connectivity index (χ0) is 11.7. The van der Waals surface area contributed by atoms with E-state index in [4.69, 9.17) is 9.84 Å². The third-order valence-corrected chi connectivity index (χ3v) is 3.18. The molecule has 0 bridgehead atoms. The van der Waals surface area contributed by atoms with E-state index in [1.54, 1.807) is 25.7 Å². The van der Waals surface area contributed by atoms with Crippen LogP contribution >= 0.6 is 11.8 Å². The normalized spacial score (nSPS) is 14.7. The van der Waals surface area contributed by atoms with Gasteiger partial charge in [0.2, 0.25) is 0 Å². The monoisotopic (exact) mass is 235 g/mol. The Labute approximate surface area is 95.8 Å². The van der Waals surface area contributed by atoms with Crippen LogP contribution in [0, 0.1) is 0 Å². The number of rotatable bonds is 8. The predicted molar refractivity (Wildman–Crippen MR) is 63.1 cm³/mol. The van der Waals surface area contributed by atoms with Crippen LogP contribution in [0.3, 0.4) is 0 Å². The third-order valence-electron chi connectivity index (χ3n) is 1.99. The number of aliphatic hydroxyl groups is 1. The van der Waals surface area contributed by atoms with Crippen LogP contribution < -0.4 is 5.32 Å². The van der Waals surface area contributed by atoms with Gasteiger partial charge in [0.05, 0.1) is 13.2 Å². The molecule has 0 fully saturated rings. The number of aliphatic hydroxyl groups excluding tert-OH is 1. The molecule has 2 atom stereocenters. The molecule has 0 aliphatic heterocycles. The summed E-state index contributed by atoms with van der Waals surface area (Å²) in [5.41, 5.74) is 0. The molecular formula is C10H21NO3S. The zero-order valence-corrected chi connectivity index (χ0v) is 10.5. The summed E-state index contributed by atoms with van der Waals surface area (Å²) in [4.78, 5) is 11.4. The van der Waals surface area contributed by atoms with Crippen LogP contribution in [0.2, 0.25) is 0 Å². The first-order valence-electron chi connectivity index (χ1n) is 5.22. The second-order valence-corrected chi connectivity index (χ2v) is 4.79. The molecule has 2 unspecified atom stereocenters. The van der Waals surface area contributed by atoms with E-state index >= 15 is 0 Å². The Kier molecular flexibility index (Phi) is 8.85. The lowest BCUT2D eigenvalue weighted by Crippen LogP contribution is -2.36. The van der Waals surface area contributed by atoms with Gasteiger partial charge in [0.1, 0.15) is 6.04 Å². The highest BCUT2D eigenvalue weighted by molar-refractivity contribution is 7.99. The number of carbonyl (C=O) groups is 1. The Morgan fingerprint density at radius 2 is 2.27 bits per heavy atom. The summed E-state index contributed by atoms with van der Waals surface area (Å²) >= 11 is 1.66. The van der Waals surface area contributed by atoms with Crippen molar-refractivity contribution in [3.05, 3.63) is 0 Å². The fraction of sp³-hybridized carbons (Fsp3) is 0.900. The minimum absolute atomic E-state index is 0.175. The van der Waals surface area contributed by atoms with E-state index in [-0.39, 0.29) is 23.9 Å². The van der Waals surface area contributed by atoms with Gasteiger partial charge in [0.15, 0.2) is 0 Å². The van der Waals surface area contributed by atoms with Gasteiger partial charge in [0, 0.05) is 5.25 Å². The molecule has 0 aromatic rings. The molecule has 0 saturated heterocycles. The van der Waals surface area contributed by atoms with E-state index < -0.39 is 0 Å². The number of carbonyl (C=O) groups excluding carboxylic acids is 1. The smallest absolute Gasteiger partial charge is 0.323 e. The summed E-state index contributed by atoms with van der Waals surface area (Å²) < 4.78 is 4.92. The van der Waals surface area contributed by atoms with Gasteiger partial charge in [0.25, 0.3) is 0 Å². The Morgan fingerprint density at radius 3 is 2.73 bits per heavy atom. The highest BCUT2D eigenvalue weighted by Crippen LogP contribution is 2.12. The van der Waals surface area contributed by atoms with Crippen molar-refractivity contribution in [2.45, 2.75) is 31.6 Å². The number of hydrogen-bond donors (Lipinski definition) is 2. The van der Waals surface area contributed by atoms with Crippen molar-refractivity contribution in [3.8, 4) is 0 Å². The molecular weight excluding hydrogens is 214 g/mol. The molecule has 0 aromatic carbocycles. The Bertz CT molecular complexity index is 178. The second-order valence-electron chi connectivity index (χ2n) is 3.25.